The van der Waals surface area contributed by atoms with Crippen LogP contribution >= 0.6 is 0 Å². The van der Waals surface area contributed by atoms with Gasteiger partial charge in [0.2, 0.25) is 0 Å². The lowest BCUT2D eigenvalue weighted by atomic mass is 9.88. The van der Waals surface area contributed by atoms with E-state index in [0.29, 0.717) is 18.5 Å². The number of likely N-dealkylation sites (tertiary alicyclic amines) is 1. The van der Waals surface area contributed by atoms with Crippen molar-refractivity contribution in [2.45, 2.75) is 19.8 Å². The van der Waals surface area contributed by atoms with E-state index in [1.807, 2.05) is 24.1 Å². The van der Waals surface area contributed by atoms with Crippen LogP contribution in [0.15, 0.2) is 29.4 Å². The summed E-state index contributed by atoms with van der Waals surface area (Å²) in [6, 6.07) is 7.31. The van der Waals surface area contributed by atoms with Crippen LogP contribution in [-0.4, -0.2) is 60.9 Å². The monoisotopic (exact) mass is 345 g/mol. The van der Waals surface area contributed by atoms with E-state index in [1.165, 1.54) is 7.11 Å². The molecule has 134 valence electrons. The molecule has 1 aromatic rings. The Hall–Kier alpha value is -2.41. The van der Waals surface area contributed by atoms with Gasteiger partial charge in [-0.15, -0.1) is 0 Å². The van der Waals surface area contributed by atoms with Crippen molar-refractivity contribution in [2.24, 2.45) is 10.5 Å². The second kappa shape index (κ2) is 6.84. The SMILES string of the molecule is COCC1(C(=O)O)CCN(C(=O)c2ccc(N3CCC(C)=N3)cc2)C1. The van der Waals surface area contributed by atoms with E-state index in [1.54, 1.807) is 17.0 Å². The van der Waals surface area contributed by atoms with Crippen LogP contribution in [0.3, 0.4) is 0 Å². The van der Waals surface area contributed by atoms with Crippen LogP contribution in [0.5, 0.6) is 0 Å². The average molecular weight is 345 g/mol. The highest BCUT2D eigenvalue weighted by Crippen LogP contribution is 2.32. The molecule has 1 atom stereocenters. The van der Waals surface area contributed by atoms with E-state index in [4.69, 9.17) is 4.74 Å². The van der Waals surface area contributed by atoms with Crippen LogP contribution in [-0.2, 0) is 9.53 Å². The van der Waals surface area contributed by atoms with Crippen molar-refractivity contribution in [3.05, 3.63) is 29.8 Å². The van der Waals surface area contributed by atoms with Gasteiger partial charge >= 0.3 is 5.97 Å². The second-order valence-electron chi connectivity index (χ2n) is 6.75. The Kier molecular flexibility index (Phi) is 4.76. The van der Waals surface area contributed by atoms with Crippen molar-refractivity contribution < 1.29 is 19.4 Å². The first kappa shape index (κ1) is 17.4. The molecule has 0 radical (unpaired) electrons. The van der Waals surface area contributed by atoms with E-state index < -0.39 is 11.4 Å². The summed E-state index contributed by atoms with van der Waals surface area (Å²) in [5.74, 6) is -1.06. The molecule has 1 aromatic carbocycles. The van der Waals surface area contributed by atoms with E-state index >= 15 is 0 Å². The average Bonchev–Trinajstić information content (AvgIpc) is 3.22. The summed E-state index contributed by atoms with van der Waals surface area (Å²) in [6.45, 7) is 3.55. The van der Waals surface area contributed by atoms with Crippen LogP contribution in [0.4, 0.5) is 5.69 Å². The van der Waals surface area contributed by atoms with Gasteiger partial charge in [-0.2, -0.15) is 5.10 Å². The molecule has 1 fully saturated rings. The Morgan fingerprint density at radius 3 is 2.56 bits per heavy atom. The molecule has 3 rings (SSSR count). The van der Waals surface area contributed by atoms with Crippen LogP contribution in [0, 0.1) is 5.41 Å². The van der Waals surface area contributed by atoms with Crippen molar-refractivity contribution in [3.63, 3.8) is 0 Å². The molecule has 2 aliphatic heterocycles. The molecule has 1 N–H and O–H groups in total. The van der Waals surface area contributed by atoms with Gasteiger partial charge in [-0.3, -0.25) is 14.6 Å². The zero-order valence-electron chi connectivity index (χ0n) is 14.6. The number of benzene rings is 1. The first-order chi connectivity index (χ1) is 11.9. The fourth-order valence-corrected chi connectivity index (χ4v) is 3.40. The molecule has 2 heterocycles. The number of hydrazone groups is 1. The number of aliphatic carboxylic acids is 1. The highest BCUT2D eigenvalue weighted by Gasteiger charge is 2.46. The lowest BCUT2D eigenvalue weighted by Crippen LogP contribution is -2.40. The second-order valence-corrected chi connectivity index (χ2v) is 6.75. The van der Waals surface area contributed by atoms with Gasteiger partial charge in [0.15, 0.2) is 0 Å². The summed E-state index contributed by atoms with van der Waals surface area (Å²) in [5, 5.41) is 15.9. The summed E-state index contributed by atoms with van der Waals surface area (Å²) in [6.07, 6.45) is 1.35. The zero-order valence-corrected chi connectivity index (χ0v) is 14.6. The highest BCUT2D eigenvalue weighted by molar-refractivity contribution is 5.95. The Balaban J connectivity index is 1.70. The predicted molar refractivity (Wildman–Crippen MR) is 94.0 cm³/mol. The lowest BCUT2D eigenvalue weighted by molar-refractivity contribution is -0.151. The van der Waals surface area contributed by atoms with Crippen molar-refractivity contribution in [2.75, 3.05) is 38.4 Å². The molecule has 0 saturated carbocycles. The van der Waals surface area contributed by atoms with Gasteiger partial charge in [-0.05, 0) is 37.6 Å². The zero-order chi connectivity index (χ0) is 18.0. The van der Waals surface area contributed by atoms with Crippen molar-refractivity contribution in [1.29, 1.82) is 0 Å². The molecule has 1 saturated heterocycles. The van der Waals surface area contributed by atoms with Gasteiger partial charge in [-0.1, -0.05) is 0 Å². The number of carboxylic acids is 1. The predicted octanol–water partition coefficient (Wildman–Crippen LogP) is 1.84. The van der Waals surface area contributed by atoms with Crippen LogP contribution in [0.2, 0.25) is 0 Å². The minimum atomic E-state index is -1.01. The number of methoxy groups -OCH3 is 1. The third-order valence-electron chi connectivity index (χ3n) is 4.90. The quantitative estimate of drug-likeness (QED) is 0.880. The van der Waals surface area contributed by atoms with Gasteiger partial charge in [0.25, 0.3) is 5.91 Å². The number of ether oxygens (including phenoxy) is 1. The van der Waals surface area contributed by atoms with Gasteiger partial charge in [0.1, 0.15) is 5.41 Å². The van der Waals surface area contributed by atoms with E-state index in [2.05, 4.69) is 5.10 Å². The number of anilines is 1. The number of rotatable bonds is 5. The first-order valence-electron chi connectivity index (χ1n) is 8.38. The van der Waals surface area contributed by atoms with Gasteiger partial charge in [0, 0.05) is 44.4 Å². The van der Waals surface area contributed by atoms with Crippen molar-refractivity contribution >= 4 is 23.3 Å². The topological polar surface area (TPSA) is 82.4 Å². The first-order valence-corrected chi connectivity index (χ1v) is 8.38. The summed E-state index contributed by atoms with van der Waals surface area (Å²) >= 11 is 0. The Morgan fingerprint density at radius 1 is 1.28 bits per heavy atom. The Labute approximate surface area is 146 Å². The standard InChI is InChI=1S/C18H23N3O4/c1-13-7-9-21(19-13)15-5-3-14(4-6-15)16(22)20-10-8-18(11-20,12-25-2)17(23)24/h3-6H,7-12H2,1-2H3,(H,23,24). The number of nitrogens with zero attached hydrogens (tertiary/aromatic N) is 3. The van der Waals surface area contributed by atoms with Crippen molar-refractivity contribution in [1.82, 2.24) is 4.90 Å². The van der Waals surface area contributed by atoms with Gasteiger partial charge < -0.3 is 14.7 Å². The normalized spacial score (nSPS) is 23.0. The van der Waals surface area contributed by atoms with E-state index in [9.17, 15) is 14.7 Å². The molecule has 2 aliphatic rings. The molecule has 7 heteroatoms. The molecular weight excluding hydrogens is 322 g/mol. The maximum absolute atomic E-state index is 12.7. The lowest BCUT2D eigenvalue weighted by Gasteiger charge is -2.24. The van der Waals surface area contributed by atoms with E-state index in [0.717, 1.165) is 24.4 Å². The van der Waals surface area contributed by atoms with Gasteiger partial charge in [0.05, 0.1) is 12.3 Å². The minimum Gasteiger partial charge on any atom is -0.481 e. The molecule has 7 nitrogen and oxygen atoms in total. The highest BCUT2D eigenvalue weighted by atomic mass is 16.5. The number of amides is 1. The molecule has 0 aliphatic carbocycles. The summed E-state index contributed by atoms with van der Waals surface area (Å²) in [7, 11) is 1.48. The third-order valence-corrected chi connectivity index (χ3v) is 4.90. The maximum Gasteiger partial charge on any atom is 0.313 e. The van der Waals surface area contributed by atoms with Crippen LogP contribution < -0.4 is 5.01 Å². The molecule has 25 heavy (non-hydrogen) atoms. The van der Waals surface area contributed by atoms with Crippen LogP contribution in [0.25, 0.3) is 0 Å². The molecule has 1 amide bonds. The Morgan fingerprint density at radius 2 is 2.00 bits per heavy atom. The van der Waals surface area contributed by atoms with E-state index in [-0.39, 0.29) is 19.1 Å². The minimum absolute atomic E-state index is 0.108. The summed E-state index contributed by atoms with van der Waals surface area (Å²) in [4.78, 5) is 25.9. The largest absolute Gasteiger partial charge is 0.481 e. The van der Waals surface area contributed by atoms with Gasteiger partial charge in [-0.25, -0.2) is 0 Å². The number of carbonyl (C=O) groups is 2. The smallest absolute Gasteiger partial charge is 0.313 e. The maximum atomic E-state index is 12.7. The number of hydrogen-bond acceptors (Lipinski definition) is 5. The number of carboxylic acid groups (broad SMARTS) is 1. The Bertz CT molecular complexity index is 701. The molecule has 0 spiro atoms. The number of carbonyl (C=O) groups excluding carboxylic acids is 1. The molecule has 0 bridgehead atoms. The fraction of sp³-hybridized carbons (Fsp3) is 0.500. The fourth-order valence-electron chi connectivity index (χ4n) is 3.40. The molecule has 1 unspecified atom stereocenters. The molecular formula is C18H23N3O4. The van der Waals surface area contributed by atoms with Crippen LogP contribution in [0.1, 0.15) is 30.1 Å². The molecule has 0 aromatic heterocycles. The third kappa shape index (κ3) is 3.37. The van der Waals surface area contributed by atoms with Crippen molar-refractivity contribution in [3.8, 4) is 0 Å². The number of hydrogen-bond donors (Lipinski definition) is 1. The summed E-state index contributed by atoms with van der Waals surface area (Å²) in [5.41, 5.74) is 1.60. The summed E-state index contributed by atoms with van der Waals surface area (Å²) < 4.78 is 5.07.